The van der Waals surface area contributed by atoms with Crippen molar-refractivity contribution in [3.63, 3.8) is 0 Å². The highest BCUT2D eigenvalue weighted by Crippen LogP contribution is 2.19. The number of amides is 1. The van der Waals surface area contributed by atoms with Gasteiger partial charge in [0.1, 0.15) is 5.75 Å². The molecule has 2 aromatic rings. The maximum atomic E-state index is 12.1. The van der Waals surface area contributed by atoms with Crippen LogP contribution in [-0.2, 0) is 4.74 Å². The Morgan fingerprint density at radius 2 is 1.96 bits per heavy atom. The minimum atomic E-state index is -0.678. The van der Waals surface area contributed by atoms with Gasteiger partial charge in [-0.3, -0.25) is 0 Å². The van der Waals surface area contributed by atoms with Crippen LogP contribution in [0.4, 0.5) is 4.79 Å². The number of halogens is 1. The average Bonchev–Trinajstić information content (AvgIpc) is 2.55. The van der Waals surface area contributed by atoms with Crippen molar-refractivity contribution >= 4 is 29.9 Å². The van der Waals surface area contributed by atoms with Gasteiger partial charge in [0.15, 0.2) is 0 Å². The number of rotatable bonds is 4. The first-order chi connectivity index (χ1) is 11.1. The molecule has 118 valence electrons. The number of nitrogens with one attached hydrogen (secondary N) is 1. The molecular formula is C16H13ClN2O4. The van der Waals surface area contributed by atoms with E-state index in [0.717, 1.165) is 0 Å². The lowest BCUT2D eigenvalue weighted by molar-refractivity contribution is 0.0735. The molecule has 2 aromatic carbocycles. The normalized spacial score (nSPS) is 10.3. The third-order valence-electron chi connectivity index (χ3n) is 2.72. The van der Waals surface area contributed by atoms with Gasteiger partial charge in [0.05, 0.1) is 23.9 Å². The number of hydrazone groups is 1. The van der Waals surface area contributed by atoms with Gasteiger partial charge in [-0.2, -0.15) is 5.10 Å². The minimum Gasteiger partial charge on any atom is -0.452 e. The van der Waals surface area contributed by atoms with Crippen molar-refractivity contribution in [3.05, 3.63) is 64.7 Å². The molecule has 0 saturated carbocycles. The monoisotopic (exact) mass is 332 g/mol. The molecule has 0 fully saturated rings. The van der Waals surface area contributed by atoms with E-state index in [1.165, 1.54) is 13.3 Å². The number of carbonyl (C=O) groups excluding carboxylic acids is 2. The summed E-state index contributed by atoms with van der Waals surface area (Å²) in [7, 11) is 1.24. The second-order valence-corrected chi connectivity index (χ2v) is 4.71. The third kappa shape index (κ3) is 4.82. The molecule has 0 aromatic heterocycles. The van der Waals surface area contributed by atoms with Gasteiger partial charge in [0, 0.05) is 0 Å². The molecule has 0 aliphatic carbocycles. The summed E-state index contributed by atoms with van der Waals surface area (Å²) < 4.78 is 9.65. The van der Waals surface area contributed by atoms with Crippen LogP contribution >= 0.6 is 11.6 Å². The summed E-state index contributed by atoms with van der Waals surface area (Å²) in [6.07, 6.45) is 0.714. The average molecular weight is 333 g/mol. The fourth-order valence-electron chi connectivity index (χ4n) is 1.65. The van der Waals surface area contributed by atoms with Gasteiger partial charge in [-0.1, -0.05) is 35.9 Å². The number of nitrogens with zero attached hydrogens (tertiary/aromatic N) is 1. The first kappa shape index (κ1) is 16.5. The fourth-order valence-corrected chi connectivity index (χ4v) is 1.87. The van der Waals surface area contributed by atoms with E-state index in [-0.39, 0.29) is 5.56 Å². The second kappa shape index (κ2) is 7.95. The highest BCUT2D eigenvalue weighted by atomic mass is 35.5. The Labute approximate surface area is 137 Å². The van der Waals surface area contributed by atoms with Crippen LogP contribution in [0, 0.1) is 0 Å². The first-order valence-corrected chi connectivity index (χ1v) is 6.92. The number of benzene rings is 2. The summed E-state index contributed by atoms with van der Waals surface area (Å²) >= 11 is 5.95. The second-order valence-electron chi connectivity index (χ2n) is 4.30. The lowest BCUT2D eigenvalue weighted by Crippen LogP contribution is -2.16. The maximum absolute atomic E-state index is 12.1. The van der Waals surface area contributed by atoms with E-state index >= 15 is 0 Å². The predicted octanol–water partition coefficient (Wildman–Crippen LogP) is 3.25. The molecule has 0 bridgehead atoms. The molecule has 6 nitrogen and oxygen atoms in total. The van der Waals surface area contributed by atoms with Gasteiger partial charge in [0.25, 0.3) is 0 Å². The Morgan fingerprint density at radius 1 is 1.17 bits per heavy atom. The number of esters is 1. The zero-order chi connectivity index (χ0) is 16.7. The molecule has 0 atom stereocenters. The van der Waals surface area contributed by atoms with Crippen molar-refractivity contribution in [3.8, 4) is 5.75 Å². The van der Waals surface area contributed by atoms with E-state index in [4.69, 9.17) is 16.3 Å². The quantitative estimate of drug-likeness (QED) is 0.403. The highest BCUT2D eigenvalue weighted by molar-refractivity contribution is 6.33. The summed E-state index contributed by atoms with van der Waals surface area (Å²) in [6, 6.07) is 13.3. The maximum Gasteiger partial charge on any atom is 0.427 e. The number of methoxy groups -OCH3 is 1. The van der Waals surface area contributed by atoms with Gasteiger partial charge >= 0.3 is 12.1 Å². The summed E-state index contributed by atoms with van der Waals surface area (Å²) in [4.78, 5) is 22.9. The zero-order valence-electron chi connectivity index (χ0n) is 12.2. The van der Waals surface area contributed by atoms with Gasteiger partial charge in [-0.25, -0.2) is 15.0 Å². The molecule has 0 aliphatic rings. The molecule has 7 heteroatoms. The fraction of sp³-hybridized carbons (Fsp3) is 0.0625. The van der Waals surface area contributed by atoms with Crippen LogP contribution in [0.15, 0.2) is 53.6 Å². The number of ether oxygens (including phenoxy) is 2. The lowest BCUT2D eigenvalue weighted by Gasteiger charge is -2.06. The van der Waals surface area contributed by atoms with Crippen molar-refractivity contribution < 1.29 is 19.1 Å². The molecule has 1 amide bonds. The van der Waals surface area contributed by atoms with Crippen LogP contribution in [0.3, 0.4) is 0 Å². The third-order valence-corrected chi connectivity index (χ3v) is 3.05. The lowest BCUT2D eigenvalue weighted by atomic mass is 10.2. The van der Waals surface area contributed by atoms with E-state index in [1.807, 2.05) is 0 Å². The molecule has 0 unspecified atom stereocenters. The van der Waals surface area contributed by atoms with Gasteiger partial charge in [0.2, 0.25) is 0 Å². The van der Waals surface area contributed by atoms with E-state index in [9.17, 15) is 9.59 Å². The number of hydrogen-bond acceptors (Lipinski definition) is 5. The van der Waals surface area contributed by atoms with Gasteiger partial charge < -0.3 is 9.47 Å². The molecule has 0 saturated heterocycles. The van der Waals surface area contributed by atoms with Crippen molar-refractivity contribution in [1.82, 2.24) is 5.43 Å². The number of hydrogen-bond donors (Lipinski definition) is 1. The Balaban J connectivity index is 2.07. The molecule has 1 N–H and O–H groups in total. The summed E-state index contributed by atoms with van der Waals surface area (Å²) in [5.41, 5.74) is 3.07. The zero-order valence-corrected chi connectivity index (χ0v) is 12.9. The van der Waals surface area contributed by atoms with Gasteiger partial charge in [-0.05, 0) is 29.8 Å². The smallest absolute Gasteiger partial charge is 0.427 e. The summed E-state index contributed by atoms with van der Waals surface area (Å²) in [5.74, 6) is -0.227. The van der Waals surface area contributed by atoms with Crippen LogP contribution in [-0.4, -0.2) is 25.4 Å². The Morgan fingerprint density at radius 3 is 2.70 bits per heavy atom. The van der Waals surface area contributed by atoms with Crippen molar-refractivity contribution in [2.75, 3.05) is 7.11 Å². The molecule has 0 heterocycles. The summed E-state index contributed by atoms with van der Waals surface area (Å²) in [6.45, 7) is 0. The van der Waals surface area contributed by atoms with Crippen molar-refractivity contribution in [2.24, 2.45) is 5.10 Å². The highest BCUT2D eigenvalue weighted by Gasteiger charge is 2.12. The van der Waals surface area contributed by atoms with Crippen molar-refractivity contribution in [1.29, 1.82) is 0 Å². The van der Waals surface area contributed by atoms with Crippen LogP contribution in [0.25, 0.3) is 0 Å². The summed E-state index contributed by atoms with van der Waals surface area (Å²) in [5, 5.41) is 4.01. The largest absolute Gasteiger partial charge is 0.452 e. The van der Waals surface area contributed by atoms with E-state index in [2.05, 4.69) is 15.3 Å². The Bertz CT molecular complexity index is 746. The van der Waals surface area contributed by atoms with E-state index in [0.29, 0.717) is 16.3 Å². The standard InChI is InChI=1S/C16H13ClN2O4/c1-22-16(21)19-18-10-11-5-4-6-12(9-11)23-15(20)13-7-2-3-8-14(13)17/h2-10H,1H3,(H,19,21). The molecule has 0 spiro atoms. The Hall–Kier alpha value is -2.86. The van der Waals surface area contributed by atoms with Crippen molar-refractivity contribution in [2.45, 2.75) is 0 Å². The van der Waals surface area contributed by atoms with E-state index < -0.39 is 12.1 Å². The molecule has 23 heavy (non-hydrogen) atoms. The first-order valence-electron chi connectivity index (χ1n) is 6.54. The van der Waals surface area contributed by atoms with Crippen LogP contribution in [0.1, 0.15) is 15.9 Å². The SMILES string of the molecule is COC(=O)NN=Cc1cccc(OC(=O)c2ccccc2Cl)c1. The molecule has 0 aliphatic heterocycles. The van der Waals surface area contributed by atoms with E-state index in [1.54, 1.807) is 48.5 Å². The molecule has 0 radical (unpaired) electrons. The Kier molecular flexibility index (Phi) is 5.71. The minimum absolute atomic E-state index is 0.278. The van der Waals surface area contributed by atoms with Crippen LogP contribution < -0.4 is 10.2 Å². The van der Waals surface area contributed by atoms with Gasteiger partial charge in [-0.15, -0.1) is 0 Å². The topological polar surface area (TPSA) is 77.0 Å². The molecule has 2 rings (SSSR count). The van der Waals surface area contributed by atoms with Crippen LogP contribution in [0.2, 0.25) is 5.02 Å². The van der Waals surface area contributed by atoms with Crippen LogP contribution in [0.5, 0.6) is 5.75 Å². The molecular weight excluding hydrogens is 320 g/mol. The number of carbonyl (C=O) groups is 2. The predicted molar refractivity (Wildman–Crippen MR) is 86.0 cm³/mol.